The average molecular weight is 541 g/mol. The number of nitrogens with one attached hydrogen (secondary N) is 2. The standard InChI is InChI=1S/C28H17F6N3O2/c1-16-6-8-20(11-18(16)9-7-17-10-19-4-2-3-5-24(19)35-15-17)25(38)36-37-26(39)21-12-22(27(29,30)31)14-23(13-21)28(32,33)34/h2-6,8,10-15H,1H3,(H,36,38)(H,37,39). The molecule has 0 fully saturated rings. The normalized spacial score (nSPS) is 11.5. The molecule has 0 saturated heterocycles. The summed E-state index contributed by atoms with van der Waals surface area (Å²) >= 11 is 0. The molecule has 2 amide bonds. The van der Waals surface area contributed by atoms with E-state index in [2.05, 4.69) is 16.8 Å². The first-order valence-corrected chi connectivity index (χ1v) is 11.2. The van der Waals surface area contributed by atoms with Crippen LogP contribution < -0.4 is 10.9 Å². The SMILES string of the molecule is Cc1ccc(C(=O)NNC(=O)c2cc(C(F)(F)F)cc(C(F)(F)F)c2)cc1C#Cc1cnc2ccccc2c1. The summed E-state index contributed by atoms with van der Waals surface area (Å²) in [5.41, 5.74) is 2.30. The smallest absolute Gasteiger partial charge is 0.267 e. The maximum atomic E-state index is 13.1. The fraction of sp³-hybridized carbons (Fsp3) is 0.107. The fourth-order valence-electron chi connectivity index (χ4n) is 3.52. The summed E-state index contributed by atoms with van der Waals surface area (Å²) in [5.74, 6) is 3.69. The van der Waals surface area contributed by atoms with E-state index in [0.29, 0.717) is 11.1 Å². The number of fused-ring (bicyclic) bond motifs is 1. The lowest BCUT2D eigenvalue weighted by Gasteiger charge is -2.14. The van der Waals surface area contributed by atoms with Gasteiger partial charge in [0.05, 0.1) is 16.6 Å². The first-order chi connectivity index (χ1) is 18.3. The molecule has 11 heteroatoms. The van der Waals surface area contributed by atoms with E-state index < -0.39 is 40.9 Å². The fourth-order valence-corrected chi connectivity index (χ4v) is 3.52. The molecule has 0 spiro atoms. The Morgan fingerprint density at radius 2 is 1.36 bits per heavy atom. The second kappa shape index (κ2) is 10.5. The first-order valence-electron chi connectivity index (χ1n) is 11.2. The number of halogens is 6. The van der Waals surface area contributed by atoms with Gasteiger partial charge >= 0.3 is 12.4 Å². The second-order valence-electron chi connectivity index (χ2n) is 8.40. The van der Waals surface area contributed by atoms with Crippen LogP contribution in [0.3, 0.4) is 0 Å². The number of carbonyl (C=O) groups is 2. The number of hydrogen-bond acceptors (Lipinski definition) is 3. The molecular weight excluding hydrogens is 524 g/mol. The van der Waals surface area contributed by atoms with Gasteiger partial charge in [-0.15, -0.1) is 0 Å². The predicted octanol–water partition coefficient (Wildman–Crippen LogP) is 6.06. The molecule has 0 aliphatic carbocycles. The van der Waals surface area contributed by atoms with Crippen LogP contribution in [-0.2, 0) is 12.4 Å². The van der Waals surface area contributed by atoms with E-state index in [4.69, 9.17) is 0 Å². The topological polar surface area (TPSA) is 71.1 Å². The van der Waals surface area contributed by atoms with Crippen LogP contribution in [0.1, 0.15) is 48.5 Å². The quantitative estimate of drug-likeness (QED) is 0.184. The number of hydrazine groups is 1. The maximum Gasteiger partial charge on any atom is 0.416 e. The number of amides is 2. The molecular formula is C28H17F6N3O2. The Hall–Kier alpha value is -4.85. The molecule has 1 heterocycles. The third-order valence-electron chi connectivity index (χ3n) is 5.57. The molecule has 0 aliphatic rings. The van der Waals surface area contributed by atoms with Crippen LogP contribution in [0.2, 0.25) is 0 Å². The number of para-hydroxylation sites is 1. The Morgan fingerprint density at radius 3 is 2.00 bits per heavy atom. The minimum atomic E-state index is -5.12. The van der Waals surface area contributed by atoms with Gasteiger partial charge in [-0.3, -0.25) is 25.4 Å². The Morgan fingerprint density at radius 1 is 0.744 bits per heavy atom. The van der Waals surface area contributed by atoms with Crippen molar-refractivity contribution in [2.24, 2.45) is 0 Å². The van der Waals surface area contributed by atoms with Gasteiger partial charge in [0, 0.05) is 33.8 Å². The number of aromatic nitrogens is 1. The third kappa shape index (κ3) is 6.54. The number of rotatable bonds is 2. The highest BCUT2D eigenvalue weighted by molar-refractivity contribution is 5.99. The minimum absolute atomic E-state index is 0.0434. The van der Waals surface area contributed by atoms with Gasteiger partial charge in [0.2, 0.25) is 0 Å². The third-order valence-corrected chi connectivity index (χ3v) is 5.57. The van der Waals surface area contributed by atoms with Gasteiger partial charge in [0.1, 0.15) is 0 Å². The van der Waals surface area contributed by atoms with E-state index in [1.807, 2.05) is 41.2 Å². The molecule has 1 aromatic heterocycles. The predicted molar refractivity (Wildman–Crippen MR) is 130 cm³/mol. The van der Waals surface area contributed by atoms with Crippen molar-refractivity contribution in [1.82, 2.24) is 15.8 Å². The van der Waals surface area contributed by atoms with Crippen LogP contribution >= 0.6 is 0 Å². The minimum Gasteiger partial charge on any atom is -0.267 e. The molecule has 0 aliphatic heterocycles. The van der Waals surface area contributed by atoms with E-state index in [-0.39, 0.29) is 23.8 Å². The van der Waals surface area contributed by atoms with Crippen molar-refractivity contribution < 1.29 is 35.9 Å². The number of nitrogens with zero attached hydrogens (tertiary/aromatic N) is 1. The summed E-state index contributed by atoms with van der Waals surface area (Å²) in [5, 5.41) is 0.896. The van der Waals surface area contributed by atoms with Gasteiger partial charge < -0.3 is 0 Å². The highest BCUT2D eigenvalue weighted by Crippen LogP contribution is 2.36. The number of aryl methyl sites for hydroxylation is 1. The molecule has 2 N–H and O–H groups in total. The highest BCUT2D eigenvalue weighted by Gasteiger charge is 2.37. The molecule has 3 aromatic carbocycles. The summed E-state index contributed by atoms with van der Waals surface area (Å²) in [4.78, 5) is 29.2. The summed E-state index contributed by atoms with van der Waals surface area (Å²) in [6.45, 7) is 1.76. The molecule has 5 nitrogen and oxygen atoms in total. The van der Waals surface area contributed by atoms with E-state index >= 15 is 0 Å². The number of hydrogen-bond donors (Lipinski definition) is 2. The number of carbonyl (C=O) groups excluding carboxylic acids is 2. The number of alkyl halides is 6. The van der Waals surface area contributed by atoms with Gasteiger partial charge in [-0.25, -0.2) is 0 Å². The van der Waals surface area contributed by atoms with Gasteiger partial charge in [0.15, 0.2) is 0 Å². The van der Waals surface area contributed by atoms with Crippen LogP contribution in [0, 0.1) is 18.8 Å². The summed E-state index contributed by atoms with van der Waals surface area (Å²) in [7, 11) is 0. The van der Waals surface area contributed by atoms with E-state index in [1.165, 1.54) is 12.1 Å². The lowest BCUT2D eigenvalue weighted by molar-refractivity contribution is -0.143. The van der Waals surface area contributed by atoms with Crippen molar-refractivity contribution in [3.05, 3.63) is 112 Å². The largest absolute Gasteiger partial charge is 0.416 e. The molecule has 0 atom stereocenters. The summed E-state index contributed by atoms with van der Waals surface area (Å²) in [6.07, 6.45) is -8.64. The van der Waals surface area contributed by atoms with E-state index in [0.717, 1.165) is 16.5 Å². The molecule has 0 radical (unpaired) electrons. The maximum absolute atomic E-state index is 13.1. The van der Waals surface area contributed by atoms with Crippen molar-refractivity contribution in [2.75, 3.05) is 0 Å². The van der Waals surface area contributed by atoms with Crippen molar-refractivity contribution in [2.45, 2.75) is 19.3 Å². The first kappa shape index (κ1) is 27.2. The zero-order valence-electron chi connectivity index (χ0n) is 20.0. The second-order valence-corrected chi connectivity index (χ2v) is 8.40. The number of pyridine rings is 1. The van der Waals surface area contributed by atoms with Crippen LogP contribution in [0.25, 0.3) is 10.9 Å². The van der Waals surface area contributed by atoms with Crippen molar-refractivity contribution >= 4 is 22.7 Å². The molecule has 0 saturated carbocycles. The van der Waals surface area contributed by atoms with Gasteiger partial charge in [-0.1, -0.05) is 36.1 Å². The van der Waals surface area contributed by atoms with Crippen LogP contribution in [0.5, 0.6) is 0 Å². The Balaban J connectivity index is 1.51. The van der Waals surface area contributed by atoms with Crippen molar-refractivity contribution in [1.29, 1.82) is 0 Å². The van der Waals surface area contributed by atoms with Crippen LogP contribution in [0.4, 0.5) is 26.3 Å². The lowest BCUT2D eigenvalue weighted by Crippen LogP contribution is -2.41. The van der Waals surface area contributed by atoms with Crippen molar-refractivity contribution in [3.63, 3.8) is 0 Å². The van der Waals surface area contributed by atoms with Crippen molar-refractivity contribution in [3.8, 4) is 11.8 Å². The number of benzene rings is 3. The average Bonchev–Trinajstić information content (AvgIpc) is 2.89. The van der Waals surface area contributed by atoms with Gasteiger partial charge in [-0.05, 0) is 55.0 Å². The highest BCUT2D eigenvalue weighted by atomic mass is 19.4. The monoisotopic (exact) mass is 541 g/mol. The van der Waals surface area contributed by atoms with Crippen LogP contribution in [0.15, 0.2) is 72.9 Å². The molecule has 39 heavy (non-hydrogen) atoms. The Kier molecular flexibility index (Phi) is 7.31. The molecule has 4 aromatic rings. The van der Waals surface area contributed by atoms with Gasteiger partial charge in [0.25, 0.3) is 11.8 Å². The zero-order chi connectivity index (χ0) is 28.4. The van der Waals surface area contributed by atoms with Crippen LogP contribution in [-0.4, -0.2) is 16.8 Å². The lowest BCUT2D eigenvalue weighted by atomic mass is 10.0. The molecule has 4 rings (SSSR count). The van der Waals surface area contributed by atoms with E-state index in [9.17, 15) is 35.9 Å². The zero-order valence-corrected chi connectivity index (χ0v) is 20.0. The molecule has 0 bridgehead atoms. The summed E-state index contributed by atoms with van der Waals surface area (Å²) in [6, 6.07) is 14.2. The molecule has 198 valence electrons. The Bertz CT molecular complexity index is 1620. The van der Waals surface area contributed by atoms with Gasteiger partial charge in [-0.2, -0.15) is 26.3 Å². The Labute approximate surface area is 217 Å². The van der Waals surface area contributed by atoms with E-state index in [1.54, 1.807) is 19.2 Å². The molecule has 0 unspecified atom stereocenters. The summed E-state index contributed by atoms with van der Waals surface area (Å²) < 4.78 is 78.4.